The molecule has 0 aliphatic carbocycles. The van der Waals surface area contributed by atoms with Crippen LogP contribution >= 0.6 is 0 Å². The number of benzene rings is 1. The van der Waals surface area contributed by atoms with Crippen molar-refractivity contribution in [3.8, 4) is 0 Å². The fourth-order valence-corrected chi connectivity index (χ4v) is 1.41. The smallest absolute Gasteiger partial charge is 0.0677 e. The van der Waals surface area contributed by atoms with Gasteiger partial charge in [-0.15, -0.1) is 0 Å². The van der Waals surface area contributed by atoms with E-state index in [-0.39, 0.29) is 0 Å². The van der Waals surface area contributed by atoms with Gasteiger partial charge in [0.1, 0.15) is 0 Å². The van der Waals surface area contributed by atoms with Gasteiger partial charge in [-0.1, -0.05) is 30.3 Å². The van der Waals surface area contributed by atoms with Gasteiger partial charge >= 0.3 is 0 Å². The predicted molar refractivity (Wildman–Crippen MR) is 55.1 cm³/mol. The Morgan fingerprint density at radius 2 is 2.08 bits per heavy atom. The second-order valence-corrected chi connectivity index (χ2v) is 3.20. The summed E-state index contributed by atoms with van der Waals surface area (Å²) in [6, 6.07) is 10.4. The average Bonchev–Trinajstić information content (AvgIpc) is 2.69. The van der Waals surface area contributed by atoms with Gasteiger partial charge in [0.15, 0.2) is 0 Å². The highest BCUT2D eigenvalue weighted by molar-refractivity contribution is 5.48. The minimum absolute atomic E-state index is 0.976. The fourth-order valence-electron chi connectivity index (χ4n) is 1.41. The highest BCUT2D eigenvalue weighted by Crippen LogP contribution is 2.03. The van der Waals surface area contributed by atoms with Gasteiger partial charge in [0.05, 0.1) is 6.67 Å². The molecule has 0 spiro atoms. The van der Waals surface area contributed by atoms with Crippen LogP contribution in [0.5, 0.6) is 0 Å². The second kappa shape index (κ2) is 4.10. The van der Waals surface area contributed by atoms with Crippen LogP contribution in [-0.4, -0.2) is 24.7 Å². The van der Waals surface area contributed by atoms with Gasteiger partial charge in [0, 0.05) is 19.3 Å². The van der Waals surface area contributed by atoms with E-state index in [0.29, 0.717) is 0 Å². The van der Waals surface area contributed by atoms with E-state index in [1.165, 1.54) is 5.56 Å². The summed E-state index contributed by atoms with van der Waals surface area (Å²) in [5.41, 5.74) is 1.26. The second-order valence-electron chi connectivity index (χ2n) is 3.20. The highest BCUT2D eigenvalue weighted by Gasteiger charge is 2.04. The van der Waals surface area contributed by atoms with Gasteiger partial charge in [-0.2, -0.15) is 0 Å². The van der Waals surface area contributed by atoms with E-state index in [1.54, 1.807) is 0 Å². The summed E-state index contributed by atoms with van der Waals surface area (Å²) in [5, 5.41) is 3.28. The number of hydrogen-bond donors (Lipinski definition) is 1. The lowest BCUT2D eigenvalue weighted by Crippen LogP contribution is -2.14. The van der Waals surface area contributed by atoms with Crippen molar-refractivity contribution in [2.45, 2.75) is 0 Å². The van der Waals surface area contributed by atoms with Crippen molar-refractivity contribution in [3.63, 3.8) is 0 Å². The summed E-state index contributed by atoms with van der Waals surface area (Å²) in [6.07, 6.45) is 4.29. The molecule has 68 valence electrons. The van der Waals surface area contributed by atoms with E-state index in [9.17, 15) is 0 Å². The monoisotopic (exact) mass is 174 g/mol. The molecule has 1 aliphatic heterocycles. The molecule has 0 radical (unpaired) electrons. The third-order valence-corrected chi connectivity index (χ3v) is 2.17. The molecule has 2 rings (SSSR count). The summed E-state index contributed by atoms with van der Waals surface area (Å²) in [4.78, 5) is 2.27. The lowest BCUT2D eigenvalue weighted by atomic mass is 10.2. The number of rotatable bonds is 2. The Kier molecular flexibility index (Phi) is 2.62. The molecule has 1 saturated heterocycles. The maximum absolute atomic E-state index is 3.28. The minimum atomic E-state index is 0.976. The van der Waals surface area contributed by atoms with E-state index in [0.717, 1.165) is 19.8 Å². The van der Waals surface area contributed by atoms with Crippen LogP contribution in [0.2, 0.25) is 0 Å². The van der Waals surface area contributed by atoms with Crippen molar-refractivity contribution in [2.24, 2.45) is 0 Å². The molecule has 0 amide bonds. The zero-order valence-corrected chi connectivity index (χ0v) is 7.61. The van der Waals surface area contributed by atoms with E-state index >= 15 is 0 Å². The van der Waals surface area contributed by atoms with Crippen LogP contribution in [0.25, 0.3) is 6.08 Å². The molecule has 13 heavy (non-hydrogen) atoms. The molecular weight excluding hydrogens is 160 g/mol. The van der Waals surface area contributed by atoms with Gasteiger partial charge < -0.3 is 4.90 Å². The zero-order chi connectivity index (χ0) is 8.93. The Bertz CT molecular complexity index is 273. The molecule has 1 aliphatic rings. The van der Waals surface area contributed by atoms with Crippen molar-refractivity contribution in [3.05, 3.63) is 42.1 Å². The molecule has 0 unspecified atom stereocenters. The molecule has 1 aromatic rings. The van der Waals surface area contributed by atoms with Crippen LogP contribution < -0.4 is 5.32 Å². The summed E-state index contributed by atoms with van der Waals surface area (Å²) in [6.45, 7) is 3.19. The summed E-state index contributed by atoms with van der Waals surface area (Å²) in [7, 11) is 0. The minimum Gasteiger partial charge on any atom is -0.364 e. The van der Waals surface area contributed by atoms with E-state index in [4.69, 9.17) is 0 Å². The predicted octanol–water partition coefficient (Wildman–Crippen LogP) is 1.52. The van der Waals surface area contributed by atoms with Gasteiger partial charge in [-0.05, 0) is 11.6 Å². The zero-order valence-electron chi connectivity index (χ0n) is 7.61. The summed E-state index contributed by atoms with van der Waals surface area (Å²) >= 11 is 0. The molecule has 0 bridgehead atoms. The van der Waals surface area contributed by atoms with Crippen LogP contribution in [0.4, 0.5) is 0 Å². The Labute approximate surface area is 78.9 Å². The Morgan fingerprint density at radius 3 is 2.77 bits per heavy atom. The van der Waals surface area contributed by atoms with Crippen molar-refractivity contribution in [1.29, 1.82) is 0 Å². The quantitative estimate of drug-likeness (QED) is 0.731. The van der Waals surface area contributed by atoms with Crippen molar-refractivity contribution in [1.82, 2.24) is 10.2 Å². The average molecular weight is 174 g/mol. The third-order valence-electron chi connectivity index (χ3n) is 2.17. The molecule has 0 aromatic heterocycles. The van der Waals surface area contributed by atoms with Gasteiger partial charge in [-0.25, -0.2) is 0 Å². The molecule has 1 aromatic carbocycles. The number of hydrogen-bond acceptors (Lipinski definition) is 2. The van der Waals surface area contributed by atoms with E-state index < -0.39 is 0 Å². The van der Waals surface area contributed by atoms with Gasteiger partial charge in [0.25, 0.3) is 0 Å². The van der Waals surface area contributed by atoms with Crippen LogP contribution in [0.1, 0.15) is 5.56 Å². The van der Waals surface area contributed by atoms with Crippen LogP contribution in [-0.2, 0) is 0 Å². The Balaban J connectivity index is 1.97. The first kappa shape index (κ1) is 8.32. The Morgan fingerprint density at radius 1 is 1.23 bits per heavy atom. The largest absolute Gasteiger partial charge is 0.364 e. The van der Waals surface area contributed by atoms with E-state index in [2.05, 4.69) is 46.8 Å². The van der Waals surface area contributed by atoms with Crippen molar-refractivity contribution < 1.29 is 0 Å². The first-order valence-corrected chi connectivity index (χ1v) is 4.63. The van der Waals surface area contributed by atoms with Crippen LogP contribution in [0.15, 0.2) is 36.5 Å². The first-order valence-electron chi connectivity index (χ1n) is 4.63. The van der Waals surface area contributed by atoms with E-state index in [1.807, 2.05) is 6.07 Å². The first-order chi connectivity index (χ1) is 6.45. The lowest BCUT2D eigenvalue weighted by Gasteiger charge is -2.08. The van der Waals surface area contributed by atoms with Crippen molar-refractivity contribution >= 4 is 6.08 Å². The number of nitrogens with zero attached hydrogens (tertiary/aromatic N) is 1. The summed E-state index contributed by atoms with van der Waals surface area (Å²) < 4.78 is 0. The van der Waals surface area contributed by atoms with Crippen LogP contribution in [0.3, 0.4) is 0 Å². The molecule has 2 heteroatoms. The molecule has 0 atom stereocenters. The molecule has 0 saturated carbocycles. The topological polar surface area (TPSA) is 15.3 Å². The Hall–Kier alpha value is -1.28. The van der Waals surface area contributed by atoms with Gasteiger partial charge in [-0.3, -0.25) is 5.32 Å². The SMILES string of the molecule is C(=CN1CCNC1)c1ccccc1. The van der Waals surface area contributed by atoms with Crippen molar-refractivity contribution in [2.75, 3.05) is 19.8 Å². The molecule has 2 nitrogen and oxygen atoms in total. The molecule has 1 N–H and O–H groups in total. The normalized spacial score (nSPS) is 17.1. The third kappa shape index (κ3) is 2.33. The molecule has 1 heterocycles. The maximum atomic E-state index is 3.28. The lowest BCUT2D eigenvalue weighted by molar-refractivity contribution is 0.464. The summed E-state index contributed by atoms with van der Waals surface area (Å²) in [5.74, 6) is 0. The van der Waals surface area contributed by atoms with Gasteiger partial charge in [0.2, 0.25) is 0 Å². The number of nitrogens with one attached hydrogen (secondary N) is 1. The van der Waals surface area contributed by atoms with Crippen LogP contribution in [0, 0.1) is 0 Å². The highest BCUT2D eigenvalue weighted by atomic mass is 15.3. The molecular formula is C11H14N2. The fraction of sp³-hybridized carbons (Fsp3) is 0.273. The standard InChI is InChI=1S/C11H14N2/c1-2-4-11(5-3-1)6-8-13-9-7-12-10-13/h1-6,8,12H,7,9-10H2. The molecule has 1 fully saturated rings. The maximum Gasteiger partial charge on any atom is 0.0677 e.